The lowest BCUT2D eigenvalue weighted by atomic mass is 9.91. The molecule has 0 aromatic heterocycles. The van der Waals surface area contributed by atoms with Crippen LogP contribution in [-0.4, -0.2) is 37.0 Å². The maximum absolute atomic E-state index is 12.3. The summed E-state index contributed by atoms with van der Waals surface area (Å²) in [7, 11) is 0. The smallest absolute Gasteiger partial charge is 0.223 e. The Morgan fingerprint density at radius 1 is 1.39 bits per heavy atom. The molecule has 0 saturated carbocycles. The van der Waals surface area contributed by atoms with Crippen LogP contribution in [-0.2, 0) is 4.79 Å². The molecule has 1 aliphatic heterocycles. The first kappa shape index (κ1) is 15.5. The first-order valence-electron chi connectivity index (χ1n) is 7.41. The van der Waals surface area contributed by atoms with Crippen LogP contribution in [0.25, 0.3) is 0 Å². The maximum Gasteiger partial charge on any atom is 0.223 e. The van der Waals surface area contributed by atoms with Gasteiger partial charge in [0.25, 0.3) is 0 Å². The molecule has 1 amide bonds. The molecule has 1 N–H and O–H groups in total. The van der Waals surface area contributed by atoms with Crippen LogP contribution in [0.2, 0.25) is 0 Å². The third-order valence-electron chi connectivity index (χ3n) is 3.41. The molecular formula is C15H30N2O. The van der Waals surface area contributed by atoms with Gasteiger partial charge in [0.05, 0.1) is 0 Å². The molecule has 0 bridgehead atoms. The van der Waals surface area contributed by atoms with Gasteiger partial charge in [0.15, 0.2) is 0 Å². The number of carbonyl (C=O) groups is 1. The number of nitrogens with one attached hydrogen (secondary N) is 1. The summed E-state index contributed by atoms with van der Waals surface area (Å²) in [4.78, 5) is 14.4. The van der Waals surface area contributed by atoms with E-state index in [-0.39, 0.29) is 5.41 Å². The molecule has 0 spiro atoms. The Hall–Kier alpha value is -0.570. The van der Waals surface area contributed by atoms with Crippen LogP contribution in [0.3, 0.4) is 0 Å². The zero-order valence-corrected chi connectivity index (χ0v) is 12.6. The number of nitrogens with zero attached hydrogens (tertiary/aromatic N) is 1. The van der Waals surface area contributed by atoms with Gasteiger partial charge in [-0.1, -0.05) is 27.7 Å². The van der Waals surface area contributed by atoms with E-state index in [0.29, 0.717) is 18.2 Å². The predicted octanol–water partition coefficient (Wildman–Crippen LogP) is 2.66. The first-order valence-corrected chi connectivity index (χ1v) is 7.41. The van der Waals surface area contributed by atoms with Gasteiger partial charge < -0.3 is 10.2 Å². The van der Waals surface area contributed by atoms with E-state index in [4.69, 9.17) is 0 Å². The molecule has 106 valence electrons. The average Bonchev–Trinajstić information content (AvgIpc) is 2.27. The van der Waals surface area contributed by atoms with E-state index in [9.17, 15) is 4.79 Å². The van der Waals surface area contributed by atoms with Crippen LogP contribution >= 0.6 is 0 Å². The molecule has 0 aliphatic carbocycles. The van der Waals surface area contributed by atoms with Crippen molar-refractivity contribution in [2.24, 2.45) is 11.3 Å². The van der Waals surface area contributed by atoms with Gasteiger partial charge in [0.2, 0.25) is 5.91 Å². The predicted molar refractivity (Wildman–Crippen MR) is 76.5 cm³/mol. The molecule has 1 aliphatic rings. The van der Waals surface area contributed by atoms with Crippen LogP contribution in [0.15, 0.2) is 0 Å². The number of hydrogen-bond acceptors (Lipinski definition) is 2. The number of piperidine rings is 1. The lowest BCUT2D eigenvalue weighted by molar-refractivity contribution is -0.133. The summed E-state index contributed by atoms with van der Waals surface area (Å²) in [5.41, 5.74) is 0.0912. The minimum absolute atomic E-state index is 0.0912. The molecule has 0 aromatic rings. The number of amides is 1. The molecule has 1 saturated heterocycles. The van der Waals surface area contributed by atoms with Crippen LogP contribution < -0.4 is 5.32 Å². The third-order valence-corrected chi connectivity index (χ3v) is 3.41. The van der Waals surface area contributed by atoms with Crippen LogP contribution in [0.4, 0.5) is 0 Å². The Morgan fingerprint density at radius 2 is 2.11 bits per heavy atom. The van der Waals surface area contributed by atoms with Crippen molar-refractivity contribution in [1.82, 2.24) is 10.2 Å². The van der Waals surface area contributed by atoms with E-state index in [1.54, 1.807) is 0 Å². The highest BCUT2D eigenvalue weighted by atomic mass is 16.2. The highest BCUT2D eigenvalue weighted by Gasteiger charge is 2.23. The Balaban J connectivity index is 2.49. The van der Waals surface area contributed by atoms with Gasteiger partial charge in [-0.15, -0.1) is 0 Å². The topological polar surface area (TPSA) is 32.3 Å². The lowest BCUT2D eigenvalue weighted by Crippen LogP contribution is -2.42. The summed E-state index contributed by atoms with van der Waals surface area (Å²) in [6.07, 6.45) is 4.22. The quantitative estimate of drug-likeness (QED) is 0.818. The fraction of sp³-hybridized carbons (Fsp3) is 0.933. The Kier molecular flexibility index (Phi) is 6.13. The molecule has 1 heterocycles. The Labute approximate surface area is 112 Å². The summed E-state index contributed by atoms with van der Waals surface area (Å²) < 4.78 is 0. The molecule has 0 radical (unpaired) electrons. The summed E-state index contributed by atoms with van der Waals surface area (Å²) in [5, 5.41) is 3.43. The largest absolute Gasteiger partial charge is 0.342 e. The molecule has 1 rings (SSSR count). The van der Waals surface area contributed by atoms with Crippen molar-refractivity contribution in [2.75, 3.05) is 26.2 Å². The summed E-state index contributed by atoms with van der Waals surface area (Å²) in [6.45, 7) is 12.6. The first-order chi connectivity index (χ1) is 8.42. The van der Waals surface area contributed by atoms with Gasteiger partial charge in [0, 0.05) is 19.5 Å². The second-order valence-electron chi connectivity index (χ2n) is 6.79. The second-order valence-corrected chi connectivity index (χ2v) is 6.79. The minimum atomic E-state index is 0.0912. The molecule has 0 aromatic carbocycles. The van der Waals surface area contributed by atoms with Crippen LogP contribution in [0.1, 0.15) is 53.4 Å². The van der Waals surface area contributed by atoms with Crippen molar-refractivity contribution < 1.29 is 4.79 Å². The van der Waals surface area contributed by atoms with E-state index in [2.05, 4.69) is 37.9 Å². The summed E-state index contributed by atoms with van der Waals surface area (Å²) >= 11 is 0. The normalized spacial score (nSPS) is 20.8. The van der Waals surface area contributed by atoms with E-state index < -0.39 is 0 Å². The Morgan fingerprint density at radius 3 is 2.61 bits per heavy atom. The number of carbonyl (C=O) groups excluding carboxylic acids is 1. The van der Waals surface area contributed by atoms with Gasteiger partial charge in [-0.3, -0.25) is 4.79 Å². The van der Waals surface area contributed by atoms with Crippen molar-refractivity contribution in [1.29, 1.82) is 0 Å². The van der Waals surface area contributed by atoms with Crippen molar-refractivity contribution in [3.63, 3.8) is 0 Å². The molecule has 1 fully saturated rings. The van der Waals surface area contributed by atoms with Gasteiger partial charge in [-0.05, 0) is 43.7 Å². The zero-order valence-electron chi connectivity index (χ0n) is 12.6. The van der Waals surface area contributed by atoms with E-state index >= 15 is 0 Å². The third kappa shape index (κ3) is 5.85. The van der Waals surface area contributed by atoms with Crippen molar-refractivity contribution >= 4 is 5.91 Å². The van der Waals surface area contributed by atoms with Crippen LogP contribution in [0.5, 0.6) is 0 Å². The number of hydrogen-bond donors (Lipinski definition) is 1. The highest BCUT2D eigenvalue weighted by molar-refractivity contribution is 5.76. The SMILES string of the molecule is CCCN(CC1CCCNC1)C(=O)CC(C)(C)C. The fourth-order valence-corrected chi connectivity index (χ4v) is 2.54. The van der Waals surface area contributed by atoms with Crippen molar-refractivity contribution in [3.8, 4) is 0 Å². The fourth-order valence-electron chi connectivity index (χ4n) is 2.54. The molecule has 18 heavy (non-hydrogen) atoms. The van der Waals surface area contributed by atoms with E-state index in [1.807, 2.05) is 0 Å². The van der Waals surface area contributed by atoms with Crippen LogP contribution in [0, 0.1) is 11.3 Å². The highest BCUT2D eigenvalue weighted by Crippen LogP contribution is 2.21. The second kappa shape index (κ2) is 7.13. The molecular weight excluding hydrogens is 224 g/mol. The van der Waals surface area contributed by atoms with Crippen molar-refractivity contribution in [2.45, 2.75) is 53.4 Å². The van der Waals surface area contributed by atoms with Gasteiger partial charge >= 0.3 is 0 Å². The molecule has 1 unspecified atom stereocenters. The maximum atomic E-state index is 12.3. The van der Waals surface area contributed by atoms with Crippen molar-refractivity contribution in [3.05, 3.63) is 0 Å². The number of rotatable bonds is 5. The van der Waals surface area contributed by atoms with Gasteiger partial charge in [-0.2, -0.15) is 0 Å². The monoisotopic (exact) mass is 254 g/mol. The van der Waals surface area contributed by atoms with E-state index in [1.165, 1.54) is 12.8 Å². The average molecular weight is 254 g/mol. The molecule has 1 atom stereocenters. The summed E-state index contributed by atoms with van der Waals surface area (Å²) in [6, 6.07) is 0. The molecule has 3 heteroatoms. The Bertz CT molecular complexity index is 252. The zero-order chi connectivity index (χ0) is 13.6. The summed E-state index contributed by atoms with van der Waals surface area (Å²) in [5.74, 6) is 0.976. The minimum Gasteiger partial charge on any atom is -0.342 e. The standard InChI is InChI=1S/C15H30N2O/c1-5-9-17(14(18)10-15(2,3)4)12-13-7-6-8-16-11-13/h13,16H,5-12H2,1-4H3. The van der Waals surface area contributed by atoms with E-state index in [0.717, 1.165) is 32.6 Å². The van der Waals surface area contributed by atoms with Gasteiger partial charge in [-0.25, -0.2) is 0 Å². The van der Waals surface area contributed by atoms with Gasteiger partial charge in [0.1, 0.15) is 0 Å². The molecule has 3 nitrogen and oxygen atoms in total. The lowest BCUT2D eigenvalue weighted by Gasteiger charge is -2.32.